The Labute approximate surface area is 151 Å². The van der Waals surface area contributed by atoms with Gasteiger partial charge in [-0.1, -0.05) is 28.1 Å². The minimum atomic E-state index is -3.27. The molecule has 4 nitrogen and oxygen atoms in total. The Morgan fingerprint density at radius 3 is 2.29 bits per heavy atom. The average molecular weight is 410 g/mol. The normalized spacial score (nSPS) is 12.0. The number of hydrogen-bond donors (Lipinski definition) is 1. The van der Waals surface area contributed by atoms with Crippen LogP contribution in [0.1, 0.15) is 36.7 Å². The fourth-order valence-electron chi connectivity index (χ4n) is 1.98. The zero-order chi connectivity index (χ0) is 18.0. The Morgan fingerprint density at radius 1 is 1.08 bits per heavy atom. The first-order valence-corrected chi connectivity index (χ1v) is 9.91. The topological polar surface area (TPSA) is 63.2 Å². The van der Waals surface area contributed by atoms with Crippen LogP contribution >= 0.6 is 15.9 Å². The zero-order valence-corrected chi connectivity index (χ0v) is 16.2. The second-order valence-corrected chi connectivity index (χ2v) is 10.2. The maximum atomic E-state index is 12.3. The van der Waals surface area contributed by atoms with Gasteiger partial charge in [0, 0.05) is 15.7 Å². The van der Waals surface area contributed by atoms with Crippen LogP contribution in [-0.2, 0) is 15.6 Å². The fraction of sp³-hybridized carbons (Fsp3) is 0.278. The molecule has 0 spiro atoms. The first kappa shape index (κ1) is 18.7. The minimum absolute atomic E-state index is 0.0570. The molecule has 2 aromatic rings. The predicted octanol–water partition coefficient (Wildman–Crippen LogP) is 4.41. The number of halogens is 1. The first-order valence-electron chi connectivity index (χ1n) is 7.47. The Bertz CT molecular complexity index is 837. The summed E-state index contributed by atoms with van der Waals surface area (Å²) in [6, 6.07) is 13.9. The molecule has 2 aromatic carbocycles. The van der Waals surface area contributed by atoms with E-state index in [1.807, 2.05) is 0 Å². The van der Waals surface area contributed by atoms with Gasteiger partial charge in [-0.15, -0.1) is 0 Å². The van der Waals surface area contributed by atoms with Crippen molar-refractivity contribution in [2.45, 2.75) is 31.3 Å². The van der Waals surface area contributed by atoms with Crippen molar-refractivity contribution >= 4 is 37.4 Å². The molecule has 0 radical (unpaired) electrons. The van der Waals surface area contributed by atoms with E-state index in [2.05, 4.69) is 21.2 Å². The van der Waals surface area contributed by atoms with Crippen molar-refractivity contribution in [3.8, 4) is 0 Å². The second kappa shape index (κ2) is 7.07. The standard InChI is InChI=1S/C18H20BrNO3S/c1-18(2,3)24(22,23)12-13-5-4-6-16(11-13)20-17(21)14-7-9-15(19)10-8-14/h4-11H,12H2,1-3H3,(H,20,21). The summed E-state index contributed by atoms with van der Waals surface area (Å²) in [7, 11) is -3.27. The number of nitrogens with one attached hydrogen (secondary N) is 1. The molecule has 24 heavy (non-hydrogen) atoms. The number of benzene rings is 2. The van der Waals surface area contributed by atoms with Crippen LogP contribution in [0.25, 0.3) is 0 Å². The molecule has 128 valence electrons. The van der Waals surface area contributed by atoms with Gasteiger partial charge in [0.1, 0.15) is 0 Å². The summed E-state index contributed by atoms with van der Waals surface area (Å²) in [4.78, 5) is 12.2. The van der Waals surface area contributed by atoms with E-state index in [9.17, 15) is 13.2 Å². The van der Waals surface area contributed by atoms with E-state index < -0.39 is 14.6 Å². The first-order chi connectivity index (χ1) is 11.1. The average Bonchev–Trinajstić information content (AvgIpc) is 2.46. The smallest absolute Gasteiger partial charge is 0.255 e. The molecule has 0 aliphatic carbocycles. The molecule has 0 saturated carbocycles. The van der Waals surface area contributed by atoms with E-state index in [0.717, 1.165) is 4.47 Å². The van der Waals surface area contributed by atoms with Crippen LogP contribution in [0.3, 0.4) is 0 Å². The second-order valence-electron chi connectivity index (χ2n) is 6.53. The van der Waals surface area contributed by atoms with Gasteiger partial charge in [0.15, 0.2) is 9.84 Å². The molecule has 0 unspecified atom stereocenters. The molecule has 0 fully saturated rings. The van der Waals surface area contributed by atoms with Crippen LogP contribution in [0.15, 0.2) is 53.0 Å². The summed E-state index contributed by atoms with van der Waals surface area (Å²) in [5.41, 5.74) is 1.76. The lowest BCUT2D eigenvalue weighted by Crippen LogP contribution is -2.29. The van der Waals surface area contributed by atoms with Crippen molar-refractivity contribution in [2.24, 2.45) is 0 Å². The molecule has 0 atom stereocenters. The molecule has 0 aromatic heterocycles. The summed E-state index contributed by atoms with van der Waals surface area (Å²) in [5, 5.41) is 2.79. The Morgan fingerprint density at radius 2 is 1.71 bits per heavy atom. The van der Waals surface area contributed by atoms with Gasteiger partial charge in [0.25, 0.3) is 5.91 Å². The molecular formula is C18H20BrNO3S. The number of carbonyl (C=O) groups excluding carboxylic acids is 1. The highest BCUT2D eigenvalue weighted by Gasteiger charge is 2.29. The van der Waals surface area contributed by atoms with Gasteiger partial charge in [-0.25, -0.2) is 8.42 Å². The van der Waals surface area contributed by atoms with E-state index in [1.165, 1.54) is 0 Å². The van der Waals surface area contributed by atoms with Gasteiger partial charge in [0.2, 0.25) is 0 Å². The summed E-state index contributed by atoms with van der Waals surface area (Å²) in [5.74, 6) is -0.295. The number of rotatable bonds is 4. The van der Waals surface area contributed by atoms with Crippen LogP contribution in [0.5, 0.6) is 0 Å². The lowest BCUT2D eigenvalue weighted by molar-refractivity contribution is 0.102. The number of hydrogen-bond acceptors (Lipinski definition) is 3. The van der Waals surface area contributed by atoms with E-state index in [4.69, 9.17) is 0 Å². The highest BCUT2D eigenvalue weighted by Crippen LogP contribution is 2.22. The number of amides is 1. The number of anilines is 1. The van der Waals surface area contributed by atoms with Crippen molar-refractivity contribution in [3.63, 3.8) is 0 Å². The highest BCUT2D eigenvalue weighted by molar-refractivity contribution is 9.10. The van der Waals surface area contributed by atoms with Crippen LogP contribution in [-0.4, -0.2) is 19.1 Å². The molecule has 1 N–H and O–H groups in total. The van der Waals surface area contributed by atoms with Gasteiger partial charge >= 0.3 is 0 Å². The van der Waals surface area contributed by atoms with Gasteiger partial charge < -0.3 is 5.32 Å². The van der Waals surface area contributed by atoms with Gasteiger partial charge in [0.05, 0.1) is 10.5 Å². The lowest BCUT2D eigenvalue weighted by Gasteiger charge is -2.19. The van der Waals surface area contributed by atoms with Crippen LogP contribution in [0, 0.1) is 0 Å². The van der Waals surface area contributed by atoms with Crippen molar-refractivity contribution in [3.05, 3.63) is 64.1 Å². The number of sulfone groups is 1. The molecule has 6 heteroatoms. The molecule has 2 rings (SSSR count). The fourth-order valence-corrected chi connectivity index (χ4v) is 3.30. The van der Waals surface area contributed by atoms with Crippen molar-refractivity contribution in [1.29, 1.82) is 0 Å². The molecule has 0 heterocycles. The quantitative estimate of drug-likeness (QED) is 0.812. The van der Waals surface area contributed by atoms with Crippen LogP contribution in [0.2, 0.25) is 0 Å². The third-order valence-corrected chi connectivity index (χ3v) is 6.69. The Kier molecular flexibility index (Phi) is 5.50. The van der Waals surface area contributed by atoms with E-state index in [-0.39, 0.29) is 11.7 Å². The number of carbonyl (C=O) groups is 1. The van der Waals surface area contributed by atoms with E-state index in [1.54, 1.807) is 69.3 Å². The molecule has 1 amide bonds. The molecule has 0 aliphatic heterocycles. The molecule has 0 saturated heterocycles. The monoisotopic (exact) mass is 409 g/mol. The SMILES string of the molecule is CC(C)(C)S(=O)(=O)Cc1cccc(NC(=O)c2ccc(Br)cc2)c1. The lowest BCUT2D eigenvalue weighted by atomic mass is 10.2. The minimum Gasteiger partial charge on any atom is -0.322 e. The third kappa shape index (κ3) is 4.68. The van der Waals surface area contributed by atoms with Crippen molar-refractivity contribution in [1.82, 2.24) is 0 Å². The zero-order valence-electron chi connectivity index (χ0n) is 13.8. The highest BCUT2D eigenvalue weighted by atomic mass is 79.9. The van der Waals surface area contributed by atoms with Crippen LogP contribution in [0.4, 0.5) is 5.69 Å². The predicted molar refractivity (Wildman–Crippen MR) is 101 cm³/mol. The molecule has 0 bridgehead atoms. The summed E-state index contributed by atoms with van der Waals surface area (Å²) in [6.45, 7) is 5.05. The Balaban J connectivity index is 2.16. The van der Waals surface area contributed by atoms with E-state index in [0.29, 0.717) is 16.8 Å². The van der Waals surface area contributed by atoms with Gasteiger partial charge in [-0.3, -0.25) is 4.79 Å². The van der Waals surface area contributed by atoms with E-state index >= 15 is 0 Å². The molecule has 0 aliphatic rings. The van der Waals surface area contributed by atoms with Gasteiger partial charge in [-0.05, 0) is 62.7 Å². The van der Waals surface area contributed by atoms with Gasteiger partial charge in [-0.2, -0.15) is 0 Å². The summed E-state index contributed by atoms with van der Waals surface area (Å²) >= 11 is 3.33. The maximum absolute atomic E-state index is 12.3. The summed E-state index contributed by atoms with van der Waals surface area (Å²) in [6.07, 6.45) is 0. The van der Waals surface area contributed by atoms with Crippen molar-refractivity contribution < 1.29 is 13.2 Å². The Hall–Kier alpha value is -1.66. The molecular weight excluding hydrogens is 390 g/mol. The maximum Gasteiger partial charge on any atom is 0.255 e. The van der Waals surface area contributed by atoms with Crippen LogP contribution < -0.4 is 5.32 Å². The van der Waals surface area contributed by atoms with Crippen molar-refractivity contribution in [2.75, 3.05) is 5.32 Å². The summed E-state index contributed by atoms with van der Waals surface area (Å²) < 4.78 is 24.7. The third-order valence-electron chi connectivity index (χ3n) is 3.58. The largest absolute Gasteiger partial charge is 0.322 e.